The van der Waals surface area contributed by atoms with Crippen molar-refractivity contribution in [2.75, 3.05) is 26.2 Å². The van der Waals surface area contributed by atoms with E-state index in [4.69, 9.17) is 11.6 Å². The summed E-state index contributed by atoms with van der Waals surface area (Å²) >= 11 is 5.90. The third-order valence-electron chi connectivity index (χ3n) is 4.47. The minimum absolute atomic E-state index is 0.0701. The highest BCUT2D eigenvalue weighted by molar-refractivity contribution is 6.30. The smallest absolute Gasteiger partial charge is 0.253 e. The van der Waals surface area contributed by atoms with E-state index in [1.807, 2.05) is 11.1 Å². The van der Waals surface area contributed by atoms with Crippen molar-refractivity contribution in [2.45, 2.75) is 19.4 Å². The van der Waals surface area contributed by atoms with Gasteiger partial charge in [-0.15, -0.1) is 0 Å². The molecule has 0 aliphatic carbocycles. The first-order valence-electron chi connectivity index (χ1n) is 8.20. The monoisotopic (exact) mass is 344 g/mol. The number of rotatable bonds is 3. The molecule has 24 heavy (non-hydrogen) atoms. The van der Waals surface area contributed by atoms with Gasteiger partial charge in [-0.2, -0.15) is 0 Å². The van der Waals surface area contributed by atoms with Crippen LogP contribution >= 0.6 is 11.6 Å². The maximum Gasteiger partial charge on any atom is 0.253 e. The van der Waals surface area contributed by atoms with E-state index < -0.39 is 0 Å². The molecule has 6 heteroatoms. The minimum Gasteiger partial charge on any atom is -0.337 e. The molecular formula is C18H21ClN4O. The summed E-state index contributed by atoms with van der Waals surface area (Å²) < 4.78 is 0. The normalized spacial score (nSPS) is 17.3. The van der Waals surface area contributed by atoms with Gasteiger partial charge in [0.25, 0.3) is 5.91 Å². The van der Waals surface area contributed by atoms with E-state index in [-0.39, 0.29) is 11.9 Å². The van der Waals surface area contributed by atoms with Gasteiger partial charge < -0.3 is 4.90 Å². The van der Waals surface area contributed by atoms with E-state index in [0.29, 0.717) is 17.1 Å². The fraction of sp³-hybridized carbons (Fsp3) is 0.389. The van der Waals surface area contributed by atoms with Crippen LogP contribution in [0.4, 0.5) is 0 Å². The lowest BCUT2D eigenvalue weighted by Crippen LogP contribution is -2.36. The summed E-state index contributed by atoms with van der Waals surface area (Å²) in [5.74, 6) is 0.0701. The summed E-state index contributed by atoms with van der Waals surface area (Å²) in [6.45, 7) is 5.40. The summed E-state index contributed by atoms with van der Waals surface area (Å²) in [6, 6.07) is 7.29. The molecule has 0 spiro atoms. The molecule has 126 valence electrons. The molecule has 1 amide bonds. The van der Waals surface area contributed by atoms with Crippen LogP contribution in [0.2, 0.25) is 5.02 Å². The molecule has 0 unspecified atom stereocenters. The number of hydrogen-bond acceptors (Lipinski definition) is 4. The Kier molecular flexibility index (Phi) is 5.43. The third-order valence-corrected chi connectivity index (χ3v) is 4.72. The number of halogens is 1. The number of carbonyl (C=O) groups is 1. The quantitative estimate of drug-likeness (QED) is 0.858. The number of hydrogen-bond donors (Lipinski definition) is 0. The van der Waals surface area contributed by atoms with Gasteiger partial charge in [-0.3, -0.25) is 19.7 Å². The molecule has 1 aromatic heterocycles. The van der Waals surface area contributed by atoms with Crippen LogP contribution < -0.4 is 0 Å². The van der Waals surface area contributed by atoms with Gasteiger partial charge in [-0.1, -0.05) is 11.6 Å². The first-order chi connectivity index (χ1) is 11.6. The van der Waals surface area contributed by atoms with Crippen LogP contribution in [0.5, 0.6) is 0 Å². The summed E-state index contributed by atoms with van der Waals surface area (Å²) in [6.07, 6.45) is 6.17. The summed E-state index contributed by atoms with van der Waals surface area (Å²) in [5, 5.41) is 0.645. The Balaban J connectivity index is 1.64. The molecule has 1 fully saturated rings. The van der Waals surface area contributed by atoms with Crippen LogP contribution in [-0.2, 0) is 0 Å². The lowest BCUT2D eigenvalue weighted by Gasteiger charge is -2.27. The lowest BCUT2D eigenvalue weighted by atomic mass is 10.2. The molecule has 2 heterocycles. The lowest BCUT2D eigenvalue weighted by molar-refractivity contribution is 0.0758. The van der Waals surface area contributed by atoms with E-state index >= 15 is 0 Å². The highest BCUT2D eigenvalue weighted by Gasteiger charge is 2.24. The van der Waals surface area contributed by atoms with Crippen molar-refractivity contribution >= 4 is 17.5 Å². The van der Waals surface area contributed by atoms with Crippen molar-refractivity contribution in [1.29, 1.82) is 0 Å². The van der Waals surface area contributed by atoms with Gasteiger partial charge in [-0.05, 0) is 37.6 Å². The van der Waals surface area contributed by atoms with Crippen molar-refractivity contribution in [3.8, 4) is 0 Å². The SMILES string of the molecule is C[C@H](c1cnccn1)N1CCCN(C(=O)c2ccc(Cl)cc2)CC1. The van der Waals surface area contributed by atoms with E-state index in [0.717, 1.165) is 31.7 Å². The van der Waals surface area contributed by atoms with Gasteiger partial charge in [0, 0.05) is 55.4 Å². The molecule has 0 saturated carbocycles. The van der Waals surface area contributed by atoms with Crippen LogP contribution in [-0.4, -0.2) is 51.9 Å². The highest BCUT2D eigenvalue weighted by atomic mass is 35.5. The molecule has 0 radical (unpaired) electrons. The number of carbonyl (C=O) groups excluding carboxylic acids is 1. The second kappa shape index (κ2) is 7.73. The Hall–Kier alpha value is -1.98. The van der Waals surface area contributed by atoms with Gasteiger partial charge >= 0.3 is 0 Å². The fourth-order valence-corrected chi connectivity index (χ4v) is 3.14. The molecule has 1 aliphatic heterocycles. The molecule has 5 nitrogen and oxygen atoms in total. The van der Waals surface area contributed by atoms with Crippen LogP contribution in [0.15, 0.2) is 42.9 Å². The largest absolute Gasteiger partial charge is 0.337 e. The van der Waals surface area contributed by atoms with Crippen LogP contribution in [0, 0.1) is 0 Å². The maximum absolute atomic E-state index is 12.7. The van der Waals surface area contributed by atoms with Crippen molar-refractivity contribution in [1.82, 2.24) is 19.8 Å². The second-order valence-corrected chi connectivity index (χ2v) is 6.43. The predicted octanol–water partition coefficient (Wildman–Crippen LogP) is 3.04. The average molecular weight is 345 g/mol. The molecule has 0 N–H and O–H groups in total. The molecular weight excluding hydrogens is 324 g/mol. The zero-order valence-corrected chi connectivity index (χ0v) is 14.5. The first-order valence-corrected chi connectivity index (χ1v) is 8.58. The predicted molar refractivity (Wildman–Crippen MR) is 94.0 cm³/mol. The number of nitrogens with zero attached hydrogens (tertiary/aromatic N) is 4. The number of benzene rings is 1. The molecule has 0 bridgehead atoms. The van der Waals surface area contributed by atoms with E-state index in [2.05, 4.69) is 21.8 Å². The fourth-order valence-electron chi connectivity index (χ4n) is 3.02. The minimum atomic E-state index is 0.0701. The van der Waals surface area contributed by atoms with Crippen LogP contribution in [0.1, 0.15) is 35.4 Å². The van der Waals surface area contributed by atoms with E-state index in [1.54, 1.807) is 36.7 Å². The third kappa shape index (κ3) is 3.91. The molecule has 1 atom stereocenters. The Labute approximate surface area is 147 Å². The summed E-state index contributed by atoms with van der Waals surface area (Å²) in [5.41, 5.74) is 1.66. The number of amides is 1. The van der Waals surface area contributed by atoms with Gasteiger partial charge in [0.2, 0.25) is 0 Å². The average Bonchev–Trinajstić information content (AvgIpc) is 2.88. The topological polar surface area (TPSA) is 49.3 Å². The van der Waals surface area contributed by atoms with Crippen LogP contribution in [0.25, 0.3) is 0 Å². The van der Waals surface area contributed by atoms with Crippen molar-refractivity contribution < 1.29 is 4.79 Å². The van der Waals surface area contributed by atoms with Gasteiger partial charge in [0.15, 0.2) is 0 Å². The van der Waals surface area contributed by atoms with E-state index in [1.165, 1.54) is 0 Å². The van der Waals surface area contributed by atoms with Crippen molar-refractivity contribution in [3.63, 3.8) is 0 Å². The maximum atomic E-state index is 12.7. The van der Waals surface area contributed by atoms with Crippen LogP contribution in [0.3, 0.4) is 0 Å². The van der Waals surface area contributed by atoms with Gasteiger partial charge in [0.05, 0.1) is 11.7 Å². The Morgan fingerprint density at radius 3 is 2.62 bits per heavy atom. The second-order valence-electron chi connectivity index (χ2n) is 5.99. The summed E-state index contributed by atoms with van der Waals surface area (Å²) in [7, 11) is 0. The highest BCUT2D eigenvalue weighted by Crippen LogP contribution is 2.20. The Morgan fingerprint density at radius 2 is 1.92 bits per heavy atom. The molecule has 1 aromatic carbocycles. The van der Waals surface area contributed by atoms with Crippen molar-refractivity contribution in [3.05, 3.63) is 59.1 Å². The summed E-state index contributed by atoms with van der Waals surface area (Å²) in [4.78, 5) is 25.5. The number of aromatic nitrogens is 2. The van der Waals surface area contributed by atoms with Gasteiger partial charge in [0.1, 0.15) is 0 Å². The molecule has 3 rings (SSSR count). The molecule has 2 aromatic rings. The first kappa shape index (κ1) is 16.9. The molecule has 1 saturated heterocycles. The Morgan fingerprint density at radius 1 is 1.12 bits per heavy atom. The Bertz CT molecular complexity index is 677. The van der Waals surface area contributed by atoms with Crippen molar-refractivity contribution in [2.24, 2.45) is 0 Å². The standard InChI is InChI=1S/C18H21ClN4O/c1-14(17-13-20-7-8-21-17)22-9-2-10-23(12-11-22)18(24)15-3-5-16(19)6-4-15/h3-8,13-14H,2,9-12H2,1H3/t14-/m1/s1. The molecule has 1 aliphatic rings. The zero-order chi connectivity index (χ0) is 16.9. The van der Waals surface area contributed by atoms with Gasteiger partial charge in [-0.25, -0.2) is 0 Å². The zero-order valence-electron chi connectivity index (χ0n) is 13.7. The van der Waals surface area contributed by atoms with E-state index in [9.17, 15) is 4.79 Å².